The first-order valence-corrected chi connectivity index (χ1v) is 7.07. The van der Waals surface area contributed by atoms with Crippen LogP contribution >= 0.6 is 0 Å². The van der Waals surface area contributed by atoms with E-state index in [0.717, 1.165) is 12.8 Å². The number of nitrogens with zero attached hydrogens (tertiary/aromatic N) is 2. The second-order valence-corrected chi connectivity index (χ2v) is 5.33. The molecule has 0 atom stereocenters. The average Bonchev–Trinajstić information content (AvgIpc) is 3.28. The summed E-state index contributed by atoms with van der Waals surface area (Å²) in [5.74, 6) is -0.957. The van der Waals surface area contributed by atoms with Gasteiger partial charge in [-0.25, -0.2) is 4.79 Å². The zero-order valence-corrected chi connectivity index (χ0v) is 12.4. The molecule has 1 amide bonds. The van der Waals surface area contributed by atoms with Gasteiger partial charge in [0.2, 0.25) is 5.91 Å². The Morgan fingerprint density at radius 2 is 2.05 bits per heavy atom. The lowest BCUT2D eigenvalue weighted by atomic mass is 10.1. The quantitative estimate of drug-likeness (QED) is 0.774. The lowest BCUT2D eigenvalue weighted by molar-refractivity contribution is -0.128. The summed E-state index contributed by atoms with van der Waals surface area (Å²) in [6.45, 7) is 2.82. The van der Waals surface area contributed by atoms with Gasteiger partial charge in [-0.15, -0.1) is 0 Å². The zero-order valence-electron chi connectivity index (χ0n) is 12.4. The molecule has 6 heteroatoms. The number of carbonyl (C=O) groups is 2. The van der Waals surface area contributed by atoms with Crippen LogP contribution in [-0.4, -0.2) is 48.1 Å². The number of rotatable bonds is 6. The van der Waals surface area contributed by atoms with E-state index in [4.69, 9.17) is 10.8 Å². The van der Waals surface area contributed by atoms with Crippen LogP contribution in [0.4, 0.5) is 11.4 Å². The maximum absolute atomic E-state index is 12.2. The Balaban J connectivity index is 2.13. The Kier molecular flexibility index (Phi) is 4.35. The molecule has 1 fully saturated rings. The van der Waals surface area contributed by atoms with Crippen LogP contribution in [0.25, 0.3) is 0 Å². The lowest BCUT2D eigenvalue weighted by Crippen LogP contribution is -2.39. The van der Waals surface area contributed by atoms with Gasteiger partial charge < -0.3 is 20.6 Å². The van der Waals surface area contributed by atoms with E-state index in [1.807, 2.05) is 18.9 Å². The molecule has 2 rings (SSSR count). The highest BCUT2D eigenvalue weighted by atomic mass is 16.4. The highest BCUT2D eigenvalue weighted by Gasteiger charge is 2.30. The molecule has 1 aromatic rings. The summed E-state index contributed by atoms with van der Waals surface area (Å²) in [4.78, 5) is 26.8. The van der Waals surface area contributed by atoms with Gasteiger partial charge in [-0.05, 0) is 38.0 Å². The van der Waals surface area contributed by atoms with Crippen molar-refractivity contribution in [2.45, 2.75) is 25.8 Å². The number of amides is 1. The van der Waals surface area contributed by atoms with Crippen molar-refractivity contribution < 1.29 is 14.7 Å². The summed E-state index contributed by atoms with van der Waals surface area (Å²) in [5, 5.41) is 8.95. The van der Waals surface area contributed by atoms with Crippen LogP contribution < -0.4 is 10.6 Å². The molecule has 0 bridgehead atoms. The van der Waals surface area contributed by atoms with E-state index >= 15 is 0 Å². The minimum atomic E-state index is -1.01. The molecule has 1 aliphatic carbocycles. The van der Waals surface area contributed by atoms with E-state index in [2.05, 4.69) is 0 Å². The molecular formula is C15H21N3O3. The number of likely N-dealkylation sites (N-methyl/N-ethyl adjacent to an activating group) is 2. The molecule has 1 aliphatic rings. The summed E-state index contributed by atoms with van der Waals surface area (Å²) in [6, 6.07) is 4.97. The number of anilines is 2. The summed E-state index contributed by atoms with van der Waals surface area (Å²) in [5.41, 5.74) is 7.14. The van der Waals surface area contributed by atoms with E-state index in [9.17, 15) is 9.59 Å². The van der Waals surface area contributed by atoms with Crippen molar-refractivity contribution in [2.24, 2.45) is 0 Å². The Hall–Kier alpha value is -2.24. The fourth-order valence-corrected chi connectivity index (χ4v) is 2.28. The molecular weight excluding hydrogens is 270 g/mol. The maximum atomic E-state index is 12.2. The SMILES string of the molecule is CCN(CC(=O)N(C)C1CC1)c1ccc(C(=O)O)cc1N. The third kappa shape index (κ3) is 3.45. The van der Waals surface area contributed by atoms with Crippen molar-refractivity contribution in [1.82, 2.24) is 4.90 Å². The Bertz CT molecular complexity index is 555. The van der Waals surface area contributed by atoms with Crippen molar-refractivity contribution in [3.8, 4) is 0 Å². The standard InChI is InChI=1S/C15H21N3O3/c1-3-18(9-14(19)17(2)11-5-6-11)13-7-4-10(15(20)21)8-12(13)16/h4,7-8,11H,3,5-6,9,16H2,1-2H3,(H,20,21). The fourth-order valence-electron chi connectivity index (χ4n) is 2.28. The molecule has 114 valence electrons. The maximum Gasteiger partial charge on any atom is 0.335 e. The molecule has 0 spiro atoms. The normalized spacial score (nSPS) is 13.8. The largest absolute Gasteiger partial charge is 0.478 e. The van der Waals surface area contributed by atoms with E-state index in [-0.39, 0.29) is 18.0 Å². The van der Waals surface area contributed by atoms with Crippen molar-refractivity contribution >= 4 is 23.3 Å². The molecule has 0 saturated heterocycles. The van der Waals surface area contributed by atoms with Crippen molar-refractivity contribution in [3.63, 3.8) is 0 Å². The number of carbonyl (C=O) groups excluding carboxylic acids is 1. The zero-order chi connectivity index (χ0) is 15.6. The smallest absolute Gasteiger partial charge is 0.335 e. The minimum Gasteiger partial charge on any atom is -0.478 e. The Morgan fingerprint density at radius 1 is 1.38 bits per heavy atom. The number of hydrogen-bond donors (Lipinski definition) is 2. The van der Waals surface area contributed by atoms with Gasteiger partial charge in [0.15, 0.2) is 0 Å². The molecule has 21 heavy (non-hydrogen) atoms. The topological polar surface area (TPSA) is 86.9 Å². The third-order valence-corrected chi connectivity index (χ3v) is 3.81. The van der Waals surface area contributed by atoms with Crippen LogP contribution in [0, 0.1) is 0 Å². The summed E-state index contributed by atoms with van der Waals surface area (Å²) < 4.78 is 0. The van der Waals surface area contributed by atoms with Gasteiger partial charge in [0.05, 0.1) is 23.5 Å². The number of nitrogens with two attached hydrogens (primary N) is 1. The number of hydrogen-bond acceptors (Lipinski definition) is 4. The van der Waals surface area contributed by atoms with Crippen LogP contribution in [0.1, 0.15) is 30.1 Å². The fraction of sp³-hybridized carbons (Fsp3) is 0.467. The Morgan fingerprint density at radius 3 is 2.52 bits per heavy atom. The number of aromatic carboxylic acids is 1. The number of nitrogen functional groups attached to an aromatic ring is 1. The molecule has 0 heterocycles. The molecule has 6 nitrogen and oxygen atoms in total. The van der Waals surface area contributed by atoms with E-state index < -0.39 is 5.97 Å². The van der Waals surface area contributed by atoms with Crippen LogP contribution in [0.15, 0.2) is 18.2 Å². The van der Waals surface area contributed by atoms with Crippen LogP contribution in [0.5, 0.6) is 0 Å². The van der Waals surface area contributed by atoms with Crippen molar-refractivity contribution in [1.29, 1.82) is 0 Å². The van der Waals surface area contributed by atoms with Gasteiger partial charge in [0.1, 0.15) is 0 Å². The Labute approximate surface area is 124 Å². The van der Waals surface area contributed by atoms with E-state index in [0.29, 0.717) is 24.0 Å². The summed E-state index contributed by atoms with van der Waals surface area (Å²) in [7, 11) is 1.82. The second kappa shape index (κ2) is 6.03. The van der Waals surface area contributed by atoms with Crippen molar-refractivity contribution in [2.75, 3.05) is 30.8 Å². The number of benzene rings is 1. The number of carboxylic acid groups (broad SMARTS) is 1. The molecule has 0 aliphatic heterocycles. The van der Waals surface area contributed by atoms with E-state index in [1.165, 1.54) is 12.1 Å². The predicted octanol–water partition coefficient (Wildman–Crippen LogP) is 1.41. The van der Waals surface area contributed by atoms with Crippen molar-refractivity contribution in [3.05, 3.63) is 23.8 Å². The molecule has 0 aromatic heterocycles. The highest BCUT2D eigenvalue weighted by molar-refractivity contribution is 5.91. The lowest BCUT2D eigenvalue weighted by Gasteiger charge is -2.27. The number of carboxylic acids is 1. The predicted molar refractivity (Wildman–Crippen MR) is 81.5 cm³/mol. The molecule has 1 aromatic carbocycles. The van der Waals surface area contributed by atoms with Gasteiger partial charge in [0.25, 0.3) is 0 Å². The van der Waals surface area contributed by atoms with Gasteiger partial charge in [-0.3, -0.25) is 4.79 Å². The summed E-state index contributed by atoms with van der Waals surface area (Å²) in [6.07, 6.45) is 2.15. The highest BCUT2D eigenvalue weighted by Crippen LogP contribution is 2.27. The third-order valence-electron chi connectivity index (χ3n) is 3.81. The first kappa shape index (κ1) is 15.2. The molecule has 1 saturated carbocycles. The minimum absolute atomic E-state index is 0.0565. The van der Waals surface area contributed by atoms with Crippen LogP contribution in [-0.2, 0) is 4.79 Å². The molecule has 0 radical (unpaired) electrons. The van der Waals surface area contributed by atoms with Gasteiger partial charge >= 0.3 is 5.97 Å². The van der Waals surface area contributed by atoms with Gasteiger partial charge in [0, 0.05) is 19.6 Å². The van der Waals surface area contributed by atoms with Gasteiger partial charge in [-0.1, -0.05) is 0 Å². The second-order valence-electron chi connectivity index (χ2n) is 5.33. The summed E-state index contributed by atoms with van der Waals surface area (Å²) >= 11 is 0. The first-order valence-electron chi connectivity index (χ1n) is 7.07. The van der Waals surface area contributed by atoms with Crippen LogP contribution in [0.3, 0.4) is 0 Å². The monoisotopic (exact) mass is 291 g/mol. The van der Waals surface area contributed by atoms with Gasteiger partial charge in [-0.2, -0.15) is 0 Å². The van der Waals surface area contributed by atoms with E-state index in [1.54, 1.807) is 11.0 Å². The molecule has 3 N–H and O–H groups in total. The average molecular weight is 291 g/mol. The van der Waals surface area contributed by atoms with Crippen LogP contribution in [0.2, 0.25) is 0 Å². The first-order chi connectivity index (χ1) is 9.93. The molecule has 0 unspecified atom stereocenters.